The van der Waals surface area contributed by atoms with E-state index in [1.54, 1.807) is 0 Å². The first-order valence-electron chi connectivity index (χ1n) is 6.48. The highest BCUT2D eigenvalue weighted by Crippen LogP contribution is 2.28. The summed E-state index contributed by atoms with van der Waals surface area (Å²) in [6.07, 6.45) is -1.82. The largest absolute Gasteiger partial charge is 0.387 e. The molecule has 1 aromatic heterocycles. The summed E-state index contributed by atoms with van der Waals surface area (Å²) in [7, 11) is 0. The van der Waals surface area contributed by atoms with E-state index in [9.17, 15) is 15.0 Å². The van der Waals surface area contributed by atoms with E-state index in [0.29, 0.717) is 6.61 Å². The fraction of sp³-hybridized carbons (Fsp3) is 0.667. The van der Waals surface area contributed by atoms with Gasteiger partial charge in [-0.2, -0.15) is 4.98 Å². The zero-order valence-corrected chi connectivity index (χ0v) is 11.2. The van der Waals surface area contributed by atoms with E-state index in [2.05, 4.69) is 4.98 Å². The normalized spacial score (nSPS) is 29.8. The van der Waals surface area contributed by atoms with E-state index in [1.165, 1.54) is 12.3 Å². The predicted molar refractivity (Wildman–Crippen MR) is 69.9 cm³/mol. The van der Waals surface area contributed by atoms with E-state index in [1.807, 2.05) is 6.92 Å². The molecule has 0 unspecified atom stereocenters. The molecule has 0 spiro atoms. The van der Waals surface area contributed by atoms with Crippen LogP contribution in [0, 0.1) is 0 Å². The maximum absolute atomic E-state index is 11.7. The number of hydrogen-bond acceptors (Lipinski definition) is 7. The molecule has 0 aliphatic carbocycles. The third-order valence-electron chi connectivity index (χ3n) is 3.09. The quantitative estimate of drug-likeness (QED) is 0.585. The molecule has 1 saturated heterocycles. The van der Waals surface area contributed by atoms with Crippen LogP contribution in [0.3, 0.4) is 0 Å². The van der Waals surface area contributed by atoms with Gasteiger partial charge in [0.15, 0.2) is 6.23 Å². The van der Waals surface area contributed by atoms with Gasteiger partial charge in [0.25, 0.3) is 0 Å². The van der Waals surface area contributed by atoms with Crippen molar-refractivity contribution in [2.75, 3.05) is 18.9 Å². The molecule has 0 aromatic carbocycles. The van der Waals surface area contributed by atoms with Gasteiger partial charge in [0.2, 0.25) is 0 Å². The Morgan fingerprint density at radius 3 is 2.90 bits per heavy atom. The number of nitrogen functional groups attached to an aromatic ring is 1. The first kappa shape index (κ1) is 14.9. The van der Waals surface area contributed by atoms with Crippen LogP contribution in [-0.2, 0) is 9.47 Å². The summed E-state index contributed by atoms with van der Waals surface area (Å²) < 4.78 is 11.9. The second kappa shape index (κ2) is 6.31. The van der Waals surface area contributed by atoms with Crippen LogP contribution < -0.4 is 11.4 Å². The van der Waals surface area contributed by atoms with Crippen LogP contribution >= 0.6 is 0 Å². The van der Waals surface area contributed by atoms with Crippen molar-refractivity contribution in [3.8, 4) is 0 Å². The molecule has 20 heavy (non-hydrogen) atoms. The zero-order chi connectivity index (χ0) is 14.7. The smallest absolute Gasteiger partial charge is 0.351 e. The lowest BCUT2D eigenvalue weighted by atomic mass is 10.1. The number of aromatic nitrogens is 2. The van der Waals surface area contributed by atoms with Crippen LogP contribution in [-0.4, -0.2) is 51.3 Å². The van der Waals surface area contributed by atoms with Crippen LogP contribution in [0.5, 0.6) is 0 Å². The molecule has 112 valence electrons. The van der Waals surface area contributed by atoms with E-state index in [4.69, 9.17) is 15.2 Å². The van der Waals surface area contributed by atoms with Crippen molar-refractivity contribution in [2.45, 2.75) is 37.9 Å². The summed E-state index contributed by atoms with van der Waals surface area (Å²) >= 11 is 0. The molecule has 1 aliphatic heterocycles. The van der Waals surface area contributed by atoms with Crippen molar-refractivity contribution >= 4 is 5.82 Å². The first-order valence-corrected chi connectivity index (χ1v) is 6.48. The van der Waals surface area contributed by atoms with Gasteiger partial charge < -0.3 is 25.4 Å². The maximum Gasteiger partial charge on any atom is 0.351 e. The molecule has 2 heterocycles. The minimum absolute atomic E-state index is 0.0853. The van der Waals surface area contributed by atoms with Gasteiger partial charge in [-0.15, -0.1) is 0 Å². The van der Waals surface area contributed by atoms with Crippen LogP contribution in [0.2, 0.25) is 0 Å². The van der Waals surface area contributed by atoms with Crippen LogP contribution in [0.1, 0.15) is 19.6 Å². The molecule has 1 aliphatic rings. The van der Waals surface area contributed by atoms with Gasteiger partial charge in [-0.3, -0.25) is 4.57 Å². The van der Waals surface area contributed by atoms with E-state index < -0.39 is 30.2 Å². The number of hydrogen-bond donors (Lipinski definition) is 3. The third kappa shape index (κ3) is 2.98. The lowest BCUT2D eigenvalue weighted by Crippen LogP contribution is -2.36. The van der Waals surface area contributed by atoms with E-state index in [-0.39, 0.29) is 12.4 Å². The van der Waals surface area contributed by atoms with Crippen molar-refractivity contribution in [3.05, 3.63) is 22.7 Å². The molecular formula is C12H19N3O5. The molecular weight excluding hydrogens is 266 g/mol. The number of rotatable bonds is 5. The van der Waals surface area contributed by atoms with Crippen molar-refractivity contribution in [2.24, 2.45) is 0 Å². The number of ether oxygens (including phenoxy) is 2. The highest BCUT2D eigenvalue weighted by Gasteiger charge is 2.44. The Bertz CT molecular complexity index is 506. The Kier molecular flexibility index (Phi) is 4.71. The molecule has 8 nitrogen and oxygen atoms in total. The second-order valence-corrected chi connectivity index (χ2v) is 4.66. The lowest BCUT2D eigenvalue weighted by molar-refractivity contribution is -0.0681. The van der Waals surface area contributed by atoms with Gasteiger partial charge >= 0.3 is 5.69 Å². The summed E-state index contributed by atoms with van der Waals surface area (Å²) in [4.78, 5) is 15.3. The molecule has 0 radical (unpaired) electrons. The summed E-state index contributed by atoms with van der Waals surface area (Å²) in [5.41, 5.74) is 4.76. The predicted octanol–water partition coefficient (Wildman–Crippen LogP) is -1.13. The lowest BCUT2D eigenvalue weighted by Gasteiger charge is -2.16. The Morgan fingerprint density at radius 1 is 1.50 bits per heavy atom. The van der Waals surface area contributed by atoms with Crippen molar-refractivity contribution in [1.29, 1.82) is 0 Å². The van der Waals surface area contributed by atoms with Gasteiger partial charge in [0.05, 0.1) is 6.61 Å². The van der Waals surface area contributed by atoms with E-state index >= 15 is 0 Å². The fourth-order valence-electron chi connectivity index (χ4n) is 2.06. The van der Waals surface area contributed by atoms with Crippen molar-refractivity contribution < 1.29 is 19.7 Å². The topological polar surface area (TPSA) is 120 Å². The third-order valence-corrected chi connectivity index (χ3v) is 3.09. The molecule has 4 N–H and O–H groups in total. The average Bonchev–Trinajstić information content (AvgIpc) is 2.68. The number of anilines is 1. The zero-order valence-electron chi connectivity index (χ0n) is 11.2. The number of nitrogens with zero attached hydrogens (tertiary/aromatic N) is 2. The monoisotopic (exact) mass is 285 g/mol. The number of aliphatic hydroxyl groups excluding tert-OH is 2. The summed E-state index contributed by atoms with van der Waals surface area (Å²) in [6, 6.07) is 1.42. The molecule has 2 rings (SSSR count). The molecule has 1 aromatic rings. The van der Waals surface area contributed by atoms with Gasteiger partial charge in [-0.1, -0.05) is 6.92 Å². The summed E-state index contributed by atoms with van der Waals surface area (Å²) in [6.45, 7) is 2.65. The highest BCUT2D eigenvalue weighted by molar-refractivity contribution is 5.23. The number of nitrogens with two attached hydrogens (primary N) is 1. The molecule has 4 atom stereocenters. The molecule has 0 bridgehead atoms. The Balaban J connectivity index is 2.11. The second-order valence-electron chi connectivity index (χ2n) is 4.66. The van der Waals surface area contributed by atoms with Gasteiger partial charge in [0, 0.05) is 12.8 Å². The van der Waals surface area contributed by atoms with Crippen LogP contribution in [0.15, 0.2) is 17.1 Å². The summed E-state index contributed by atoms with van der Waals surface area (Å²) in [5, 5.41) is 19.9. The SMILES string of the molecule is CCCOC[C@H]1O[C@@H](n2ccc(N)nc2=O)[C@H](O)[C@@H]1O. The first-order chi connectivity index (χ1) is 9.54. The van der Waals surface area contributed by atoms with Crippen LogP contribution in [0.4, 0.5) is 5.82 Å². The van der Waals surface area contributed by atoms with Crippen molar-refractivity contribution in [3.63, 3.8) is 0 Å². The minimum atomic E-state index is -1.23. The Hall–Kier alpha value is -1.48. The van der Waals surface area contributed by atoms with Gasteiger partial charge in [-0.05, 0) is 12.5 Å². The highest BCUT2D eigenvalue weighted by atomic mass is 16.6. The number of aliphatic hydroxyl groups is 2. The van der Waals surface area contributed by atoms with Crippen molar-refractivity contribution in [1.82, 2.24) is 9.55 Å². The Morgan fingerprint density at radius 2 is 2.25 bits per heavy atom. The average molecular weight is 285 g/mol. The molecule has 0 amide bonds. The fourth-order valence-corrected chi connectivity index (χ4v) is 2.06. The van der Waals surface area contributed by atoms with Gasteiger partial charge in [-0.25, -0.2) is 4.79 Å². The minimum Gasteiger partial charge on any atom is -0.387 e. The standard InChI is InChI=1S/C12H19N3O5/c1-2-5-19-6-7-9(16)10(17)11(20-7)15-4-3-8(13)14-12(15)18/h3-4,7,9-11,16-17H,2,5-6H2,1H3,(H2,13,14,18)/t7-,9-,10-,11-/m1/s1. The molecule has 8 heteroatoms. The van der Waals surface area contributed by atoms with Gasteiger partial charge in [0.1, 0.15) is 24.1 Å². The Labute approximate surface area is 115 Å². The van der Waals surface area contributed by atoms with Crippen LogP contribution in [0.25, 0.3) is 0 Å². The maximum atomic E-state index is 11.7. The molecule has 1 fully saturated rings. The van der Waals surface area contributed by atoms with E-state index in [0.717, 1.165) is 11.0 Å². The molecule has 0 saturated carbocycles. The summed E-state index contributed by atoms with van der Waals surface area (Å²) in [5.74, 6) is 0.0853.